The van der Waals surface area contributed by atoms with E-state index in [0.717, 1.165) is 9.37 Å². The molecule has 1 atom stereocenters. The molecule has 0 N–H and O–H groups in total. The minimum absolute atomic E-state index is 0.0730. The lowest BCUT2D eigenvalue weighted by Gasteiger charge is -2.11. The summed E-state index contributed by atoms with van der Waals surface area (Å²) >= 11 is 4.86. The molecule has 90 valence electrons. The minimum atomic E-state index is -0.237. The normalized spacial score (nSPS) is 11.6. The summed E-state index contributed by atoms with van der Waals surface area (Å²) in [6, 6.07) is 7.61. The van der Waals surface area contributed by atoms with Gasteiger partial charge >= 0.3 is 5.97 Å². The van der Waals surface area contributed by atoms with Gasteiger partial charge in [-0.05, 0) is 18.2 Å². The van der Waals surface area contributed by atoms with Crippen molar-refractivity contribution in [2.45, 2.75) is 23.5 Å². The summed E-state index contributed by atoms with van der Waals surface area (Å²) in [6.45, 7) is 1.93. The summed E-state index contributed by atoms with van der Waals surface area (Å²) in [4.78, 5) is 12.0. The zero-order valence-corrected chi connectivity index (χ0v) is 12.0. The van der Waals surface area contributed by atoms with Crippen molar-refractivity contribution in [3.8, 4) is 6.07 Å². The average molecular weight is 314 g/mol. The standard InChI is InChI=1S/C12H12BrNO2S/c1-8(5-12(15)16-2)17-11-6-10(13)4-3-9(11)7-14/h3-4,6,8H,5H2,1-2H3. The number of carbonyl (C=O) groups is 1. The van der Waals surface area contributed by atoms with Crippen molar-refractivity contribution in [1.29, 1.82) is 5.26 Å². The smallest absolute Gasteiger partial charge is 0.306 e. The molecule has 0 saturated heterocycles. The van der Waals surface area contributed by atoms with Crippen molar-refractivity contribution in [1.82, 2.24) is 0 Å². The second kappa shape index (κ2) is 6.67. The summed E-state index contributed by atoms with van der Waals surface area (Å²) in [7, 11) is 1.37. The van der Waals surface area contributed by atoms with Crippen molar-refractivity contribution in [3.63, 3.8) is 0 Å². The van der Waals surface area contributed by atoms with Crippen LogP contribution in [0.2, 0.25) is 0 Å². The minimum Gasteiger partial charge on any atom is -0.469 e. The van der Waals surface area contributed by atoms with Crippen LogP contribution in [-0.2, 0) is 9.53 Å². The third-order valence-electron chi connectivity index (χ3n) is 2.07. The van der Waals surface area contributed by atoms with Crippen LogP contribution in [0.5, 0.6) is 0 Å². The van der Waals surface area contributed by atoms with Crippen molar-refractivity contribution < 1.29 is 9.53 Å². The van der Waals surface area contributed by atoms with Crippen molar-refractivity contribution in [2.75, 3.05) is 7.11 Å². The molecule has 0 saturated carbocycles. The highest BCUT2D eigenvalue weighted by atomic mass is 79.9. The van der Waals surface area contributed by atoms with Crippen LogP contribution in [0.4, 0.5) is 0 Å². The maximum Gasteiger partial charge on any atom is 0.306 e. The van der Waals surface area contributed by atoms with E-state index in [1.165, 1.54) is 18.9 Å². The highest BCUT2D eigenvalue weighted by molar-refractivity contribution is 9.10. The Morgan fingerprint density at radius 3 is 2.94 bits per heavy atom. The molecular formula is C12H12BrNO2S. The van der Waals surface area contributed by atoms with E-state index in [4.69, 9.17) is 5.26 Å². The summed E-state index contributed by atoms with van der Waals surface area (Å²) in [6.07, 6.45) is 0.332. The lowest BCUT2D eigenvalue weighted by molar-refractivity contribution is -0.140. The molecular weight excluding hydrogens is 302 g/mol. The molecule has 0 aliphatic heterocycles. The first-order chi connectivity index (χ1) is 8.06. The molecule has 3 nitrogen and oxygen atoms in total. The molecule has 0 amide bonds. The molecule has 0 bridgehead atoms. The molecule has 0 aliphatic carbocycles. The van der Waals surface area contributed by atoms with Crippen LogP contribution in [0.1, 0.15) is 18.9 Å². The number of ether oxygens (including phenoxy) is 1. The SMILES string of the molecule is COC(=O)CC(C)Sc1cc(Br)ccc1C#N. The number of nitrogens with zero attached hydrogens (tertiary/aromatic N) is 1. The number of methoxy groups -OCH3 is 1. The number of thioether (sulfide) groups is 1. The Bertz CT molecular complexity index is 456. The average Bonchev–Trinajstić information content (AvgIpc) is 2.29. The number of hydrogen-bond acceptors (Lipinski definition) is 4. The fourth-order valence-electron chi connectivity index (χ4n) is 1.26. The van der Waals surface area contributed by atoms with Gasteiger partial charge in [-0.25, -0.2) is 0 Å². The lowest BCUT2D eigenvalue weighted by Crippen LogP contribution is -2.08. The fourth-order valence-corrected chi connectivity index (χ4v) is 2.86. The number of carbonyl (C=O) groups excluding carboxylic acids is 1. The zero-order valence-electron chi connectivity index (χ0n) is 9.57. The van der Waals surface area contributed by atoms with Gasteiger partial charge in [0.1, 0.15) is 6.07 Å². The Morgan fingerprint density at radius 2 is 2.35 bits per heavy atom. The van der Waals surface area contributed by atoms with Crippen molar-refractivity contribution >= 4 is 33.7 Å². The van der Waals surface area contributed by atoms with Crippen molar-refractivity contribution in [2.24, 2.45) is 0 Å². The summed E-state index contributed by atoms with van der Waals surface area (Å²) in [5.74, 6) is -0.237. The van der Waals surface area contributed by atoms with Gasteiger partial charge in [-0.3, -0.25) is 4.79 Å². The molecule has 1 rings (SSSR count). The summed E-state index contributed by atoms with van der Waals surface area (Å²) in [5.41, 5.74) is 0.620. The fraction of sp³-hybridized carbons (Fsp3) is 0.333. The van der Waals surface area contributed by atoms with Crippen LogP contribution in [0.25, 0.3) is 0 Å². The van der Waals surface area contributed by atoms with Gasteiger partial charge in [0.25, 0.3) is 0 Å². The Morgan fingerprint density at radius 1 is 1.65 bits per heavy atom. The highest BCUT2D eigenvalue weighted by Crippen LogP contribution is 2.30. The Balaban J connectivity index is 2.77. The Labute approximate surface area is 113 Å². The summed E-state index contributed by atoms with van der Waals surface area (Å²) < 4.78 is 5.53. The number of hydrogen-bond donors (Lipinski definition) is 0. The molecule has 1 aromatic carbocycles. The molecule has 0 aromatic heterocycles. The van der Waals surface area contributed by atoms with Crippen LogP contribution in [-0.4, -0.2) is 18.3 Å². The predicted molar refractivity (Wildman–Crippen MR) is 70.8 cm³/mol. The molecule has 0 aliphatic rings. The first kappa shape index (κ1) is 14.1. The van der Waals surface area contributed by atoms with E-state index < -0.39 is 0 Å². The quantitative estimate of drug-likeness (QED) is 0.631. The van der Waals surface area contributed by atoms with Crippen LogP contribution in [0.3, 0.4) is 0 Å². The highest BCUT2D eigenvalue weighted by Gasteiger charge is 2.13. The van der Waals surface area contributed by atoms with E-state index in [9.17, 15) is 4.79 Å². The Hall–Kier alpha value is -0.990. The predicted octanol–water partition coefficient (Wildman–Crippen LogP) is 3.36. The molecule has 1 unspecified atom stereocenters. The van der Waals surface area contributed by atoms with Gasteiger partial charge in [-0.1, -0.05) is 22.9 Å². The number of halogens is 1. The van der Waals surface area contributed by atoms with E-state index in [1.807, 2.05) is 19.1 Å². The number of nitriles is 1. The van der Waals surface area contributed by atoms with Gasteiger partial charge in [0.05, 0.1) is 19.1 Å². The number of rotatable bonds is 4. The van der Waals surface area contributed by atoms with Crippen LogP contribution >= 0.6 is 27.7 Å². The van der Waals surface area contributed by atoms with E-state index >= 15 is 0 Å². The maximum absolute atomic E-state index is 11.1. The van der Waals surface area contributed by atoms with Crippen LogP contribution in [0.15, 0.2) is 27.6 Å². The molecule has 17 heavy (non-hydrogen) atoms. The first-order valence-corrected chi connectivity index (χ1v) is 6.67. The summed E-state index contributed by atoms with van der Waals surface area (Å²) in [5, 5.41) is 9.05. The molecule has 0 radical (unpaired) electrons. The number of esters is 1. The second-order valence-corrected chi connectivity index (χ2v) is 5.86. The number of benzene rings is 1. The van der Waals surface area contributed by atoms with Crippen LogP contribution < -0.4 is 0 Å². The topological polar surface area (TPSA) is 50.1 Å². The molecule has 5 heteroatoms. The molecule has 0 spiro atoms. The van der Waals surface area contributed by atoms with E-state index in [-0.39, 0.29) is 11.2 Å². The third kappa shape index (κ3) is 4.41. The van der Waals surface area contributed by atoms with Crippen LogP contribution in [0, 0.1) is 11.3 Å². The maximum atomic E-state index is 11.1. The monoisotopic (exact) mass is 313 g/mol. The van der Waals surface area contributed by atoms with E-state index in [2.05, 4.69) is 26.7 Å². The first-order valence-electron chi connectivity index (χ1n) is 5.00. The van der Waals surface area contributed by atoms with Gasteiger partial charge in [-0.2, -0.15) is 5.26 Å². The Kier molecular flexibility index (Phi) is 5.52. The van der Waals surface area contributed by atoms with Gasteiger partial charge in [-0.15, -0.1) is 11.8 Å². The van der Waals surface area contributed by atoms with E-state index in [1.54, 1.807) is 6.07 Å². The zero-order chi connectivity index (χ0) is 12.8. The van der Waals surface area contributed by atoms with E-state index in [0.29, 0.717) is 12.0 Å². The largest absolute Gasteiger partial charge is 0.469 e. The second-order valence-electron chi connectivity index (χ2n) is 3.46. The molecule has 1 aromatic rings. The van der Waals surface area contributed by atoms with Gasteiger partial charge in [0.2, 0.25) is 0 Å². The van der Waals surface area contributed by atoms with Crippen molar-refractivity contribution in [3.05, 3.63) is 28.2 Å². The van der Waals surface area contributed by atoms with Gasteiger partial charge in [0.15, 0.2) is 0 Å². The lowest BCUT2D eigenvalue weighted by atomic mass is 10.2. The molecule has 0 heterocycles. The third-order valence-corrected chi connectivity index (χ3v) is 3.73. The van der Waals surface area contributed by atoms with Gasteiger partial charge < -0.3 is 4.74 Å². The van der Waals surface area contributed by atoms with Gasteiger partial charge in [0, 0.05) is 14.6 Å². The molecule has 0 fully saturated rings.